The molecule has 0 fully saturated rings. The fraction of sp³-hybridized carbons (Fsp3) is 0.231. The number of aromatic hydroxyl groups is 1. The van der Waals surface area contributed by atoms with Crippen molar-refractivity contribution >= 4 is 29.1 Å². The molecule has 2 atom stereocenters. The van der Waals surface area contributed by atoms with E-state index in [-0.39, 0.29) is 30.0 Å². The average molecular weight is 512 g/mol. The van der Waals surface area contributed by atoms with Crippen molar-refractivity contribution in [3.63, 3.8) is 0 Å². The number of ether oxygens (including phenoxy) is 1. The second-order valence-electron chi connectivity index (χ2n) is 8.39. The molecule has 0 spiro atoms. The van der Waals surface area contributed by atoms with E-state index in [2.05, 4.69) is 0 Å². The number of aromatic nitrogens is 1. The maximum atomic E-state index is 13.6. The van der Waals surface area contributed by atoms with Gasteiger partial charge in [0.1, 0.15) is 30.1 Å². The molecule has 0 saturated carbocycles. The Morgan fingerprint density at radius 2 is 1.86 bits per heavy atom. The molecular formula is C26H23Cl2N3O4. The van der Waals surface area contributed by atoms with Gasteiger partial charge in [-0.05, 0) is 24.1 Å². The first kappa shape index (κ1) is 23.3. The molecule has 2 aliphatic rings. The van der Waals surface area contributed by atoms with E-state index in [4.69, 9.17) is 27.9 Å². The number of fused-ring (bicyclic) bond motifs is 5. The summed E-state index contributed by atoms with van der Waals surface area (Å²) in [4.78, 5) is 27.6. The Labute approximate surface area is 212 Å². The normalized spacial score (nSPS) is 20.4. The lowest BCUT2D eigenvalue weighted by Crippen LogP contribution is -2.57. The van der Waals surface area contributed by atoms with Crippen LogP contribution in [0.25, 0.3) is 0 Å². The third-order valence-corrected chi connectivity index (χ3v) is 7.17. The SMILES string of the molecule is CC[C@H]1/C=C\COc2c(ccc(Cl)c2Cl)[C@@H](c2ccccc2)N2CN1C(=O)c1c(O)c(=O)ccn12. The van der Waals surface area contributed by atoms with Crippen LogP contribution in [0.1, 0.15) is 41.0 Å². The molecule has 2 aromatic carbocycles. The highest BCUT2D eigenvalue weighted by Crippen LogP contribution is 2.43. The minimum absolute atomic E-state index is 0.0849. The van der Waals surface area contributed by atoms with Gasteiger partial charge in [-0.1, -0.05) is 72.6 Å². The van der Waals surface area contributed by atoms with Gasteiger partial charge in [0, 0.05) is 17.8 Å². The Morgan fingerprint density at radius 1 is 1.09 bits per heavy atom. The number of carbonyl (C=O) groups is 1. The third kappa shape index (κ3) is 3.94. The van der Waals surface area contributed by atoms with Gasteiger partial charge in [-0.2, -0.15) is 0 Å². The molecule has 1 aromatic heterocycles. The predicted octanol–water partition coefficient (Wildman–Crippen LogP) is 4.73. The Kier molecular flexibility index (Phi) is 6.21. The summed E-state index contributed by atoms with van der Waals surface area (Å²) in [5.74, 6) is -0.574. The van der Waals surface area contributed by atoms with Crippen molar-refractivity contribution < 1.29 is 14.6 Å². The first-order valence-electron chi connectivity index (χ1n) is 11.3. The summed E-state index contributed by atoms with van der Waals surface area (Å²) in [7, 11) is 0. The van der Waals surface area contributed by atoms with E-state index >= 15 is 0 Å². The van der Waals surface area contributed by atoms with Crippen molar-refractivity contribution in [2.24, 2.45) is 0 Å². The standard InChI is InChI=1S/C26H23Cl2N3O4/c1-2-17-9-6-14-35-25-18(10-11-19(27)21(25)28)22(16-7-4-3-5-8-16)31-15-29(17)26(34)23-24(33)20(32)12-13-30(23)31/h3-13,17,22,33H,2,14-15H2,1H3/b9-6-/t17-,22+/m0/s1. The van der Waals surface area contributed by atoms with Crippen LogP contribution < -0.4 is 15.2 Å². The molecule has 1 amide bonds. The number of nitrogens with zero attached hydrogens (tertiary/aromatic N) is 3. The van der Waals surface area contributed by atoms with Gasteiger partial charge in [0.25, 0.3) is 5.91 Å². The predicted molar refractivity (Wildman–Crippen MR) is 135 cm³/mol. The van der Waals surface area contributed by atoms with Gasteiger partial charge in [0.15, 0.2) is 11.4 Å². The molecule has 1 N–H and O–H groups in total. The lowest BCUT2D eigenvalue weighted by Gasteiger charge is -2.45. The lowest BCUT2D eigenvalue weighted by molar-refractivity contribution is 0.0626. The van der Waals surface area contributed by atoms with Crippen molar-refractivity contribution in [3.8, 4) is 11.5 Å². The van der Waals surface area contributed by atoms with Crippen molar-refractivity contribution in [2.75, 3.05) is 18.3 Å². The van der Waals surface area contributed by atoms with Crippen LogP contribution in [-0.2, 0) is 0 Å². The summed E-state index contributed by atoms with van der Waals surface area (Å²) in [6, 6.07) is 13.7. The fourth-order valence-electron chi connectivity index (χ4n) is 4.68. The van der Waals surface area contributed by atoms with E-state index < -0.39 is 23.1 Å². The highest BCUT2D eigenvalue weighted by atomic mass is 35.5. The topological polar surface area (TPSA) is 75.0 Å². The number of hydrogen-bond acceptors (Lipinski definition) is 5. The van der Waals surface area contributed by atoms with Crippen molar-refractivity contribution in [3.05, 3.63) is 104 Å². The van der Waals surface area contributed by atoms with Crippen LogP contribution in [0.15, 0.2) is 71.7 Å². The zero-order valence-corrected chi connectivity index (χ0v) is 20.4. The lowest BCUT2D eigenvalue weighted by atomic mass is 9.96. The van der Waals surface area contributed by atoms with E-state index in [0.717, 1.165) is 11.1 Å². The molecule has 0 radical (unpaired) electrons. The van der Waals surface area contributed by atoms with E-state index in [9.17, 15) is 14.7 Å². The van der Waals surface area contributed by atoms with Gasteiger partial charge >= 0.3 is 0 Å². The Bertz CT molecular complexity index is 1370. The van der Waals surface area contributed by atoms with E-state index in [0.29, 0.717) is 17.2 Å². The van der Waals surface area contributed by atoms with Crippen LogP contribution in [0.4, 0.5) is 0 Å². The number of rotatable bonds is 2. The summed E-state index contributed by atoms with van der Waals surface area (Å²) in [6.07, 6.45) is 5.87. The van der Waals surface area contributed by atoms with Gasteiger partial charge in [-0.15, -0.1) is 0 Å². The number of carbonyl (C=O) groups excluding carboxylic acids is 1. The second-order valence-corrected chi connectivity index (χ2v) is 9.17. The molecule has 5 rings (SSSR count). The molecule has 3 aromatic rings. The van der Waals surface area contributed by atoms with Crippen LogP contribution in [-0.4, -0.2) is 39.9 Å². The monoisotopic (exact) mass is 511 g/mol. The van der Waals surface area contributed by atoms with Gasteiger partial charge in [-0.25, -0.2) is 0 Å². The first-order valence-corrected chi connectivity index (χ1v) is 12.0. The largest absolute Gasteiger partial charge is 0.502 e. The summed E-state index contributed by atoms with van der Waals surface area (Å²) < 4.78 is 7.69. The molecular weight excluding hydrogens is 489 g/mol. The maximum absolute atomic E-state index is 13.6. The second kappa shape index (κ2) is 9.32. The van der Waals surface area contributed by atoms with Gasteiger partial charge in [0.05, 0.1) is 11.1 Å². The average Bonchev–Trinajstić information content (AvgIpc) is 2.89. The first-order chi connectivity index (χ1) is 16.9. The van der Waals surface area contributed by atoms with E-state index in [1.54, 1.807) is 15.6 Å². The van der Waals surface area contributed by atoms with Crippen molar-refractivity contribution in [1.29, 1.82) is 0 Å². The van der Waals surface area contributed by atoms with Crippen LogP contribution in [0.2, 0.25) is 10.0 Å². The number of pyridine rings is 1. The smallest absolute Gasteiger partial charge is 0.278 e. The minimum atomic E-state index is -0.617. The van der Waals surface area contributed by atoms with Crippen LogP contribution in [0.3, 0.4) is 0 Å². The van der Waals surface area contributed by atoms with Crippen molar-refractivity contribution in [2.45, 2.75) is 25.4 Å². The fourth-order valence-corrected chi connectivity index (χ4v) is 5.05. The third-order valence-electron chi connectivity index (χ3n) is 6.38. The van der Waals surface area contributed by atoms with Gasteiger partial charge in [0.2, 0.25) is 5.43 Å². The zero-order chi connectivity index (χ0) is 24.7. The Hall–Kier alpha value is -3.42. The molecule has 35 heavy (non-hydrogen) atoms. The Balaban J connectivity index is 1.84. The molecule has 180 valence electrons. The summed E-state index contributed by atoms with van der Waals surface area (Å²) >= 11 is 13.0. The van der Waals surface area contributed by atoms with Crippen LogP contribution in [0, 0.1) is 0 Å². The summed E-state index contributed by atoms with van der Waals surface area (Å²) in [6.45, 7) is 2.39. The van der Waals surface area contributed by atoms with Gasteiger partial charge in [-0.3, -0.25) is 19.3 Å². The van der Waals surface area contributed by atoms with Crippen molar-refractivity contribution in [1.82, 2.24) is 9.58 Å². The number of halogens is 2. The molecule has 0 saturated heterocycles. The number of benzene rings is 2. The molecule has 2 aliphatic heterocycles. The molecule has 2 bridgehead atoms. The molecule has 7 nitrogen and oxygen atoms in total. The van der Waals surface area contributed by atoms with Gasteiger partial charge < -0.3 is 14.7 Å². The van der Waals surface area contributed by atoms with E-state index in [1.165, 1.54) is 12.3 Å². The van der Waals surface area contributed by atoms with Crippen LogP contribution in [0.5, 0.6) is 11.5 Å². The van der Waals surface area contributed by atoms with Crippen LogP contribution >= 0.6 is 23.2 Å². The molecule has 0 aliphatic carbocycles. The quantitative estimate of drug-likeness (QED) is 0.503. The molecule has 9 heteroatoms. The van der Waals surface area contributed by atoms with E-state index in [1.807, 2.05) is 60.5 Å². The maximum Gasteiger partial charge on any atom is 0.278 e. The minimum Gasteiger partial charge on any atom is -0.502 e. The highest BCUT2D eigenvalue weighted by molar-refractivity contribution is 6.43. The zero-order valence-electron chi connectivity index (χ0n) is 18.9. The highest BCUT2D eigenvalue weighted by Gasteiger charge is 2.39. The number of amides is 1. The summed E-state index contributed by atoms with van der Waals surface area (Å²) in [5.41, 5.74) is 0.925. The molecule has 3 heterocycles. The summed E-state index contributed by atoms with van der Waals surface area (Å²) in [5, 5.41) is 13.3. The molecule has 0 unspecified atom stereocenters. The number of hydrogen-bond donors (Lipinski definition) is 1. The Morgan fingerprint density at radius 3 is 2.60 bits per heavy atom.